The van der Waals surface area contributed by atoms with E-state index in [-0.39, 0.29) is 12.4 Å². The van der Waals surface area contributed by atoms with Gasteiger partial charge in [0, 0.05) is 30.6 Å². The molecule has 0 fully saturated rings. The molecule has 0 saturated carbocycles. The predicted octanol–water partition coefficient (Wildman–Crippen LogP) is 5.77. The molecular formula is C27H24FN3O. The van der Waals surface area contributed by atoms with Crippen molar-refractivity contribution in [1.82, 2.24) is 15.3 Å². The first-order valence-electron chi connectivity index (χ1n) is 10.8. The Kier molecular flexibility index (Phi) is 5.81. The number of hydrogen-bond acceptors (Lipinski definition) is 3. The molecule has 1 heterocycles. The van der Waals surface area contributed by atoms with E-state index in [9.17, 15) is 4.39 Å². The van der Waals surface area contributed by atoms with Crippen molar-refractivity contribution in [3.05, 3.63) is 108 Å². The van der Waals surface area contributed by atoms with Gasteiger partial charge < -0.3 is 15.0 Å². The van der Waals surface area contributed by atoms with Gasteiger partial charge in [0.1, 0.15) is 24.0 Å². The average Bonchev–Trinajstić information content (AvgIpc) is 3.24. The Morgan fingerprint density at radius 2 is 1.69 bits per heavy atom. The van der Waals surface area contributed by atoms with Crippen LogP contribution >= 0.6 is 0 Å². The number of halogens is 1. The highest BCUT2D eigenvalue weighted by atomic mass is 19.1. The lowest BCUT2D eigenvalue weighted by Crippen LogP contribution is -2.18. The van der Waals surface area contributed by atoms with Crippen molar-refractivity contribution in [1.29, 1.82) is 0 Å². The maximum absolute atomic E-state index is 14.0. The number of aromatic amines is 1. The Labute approximate surface area is 186 Å². The number of H-pyrrole nitrogens is 1. The molecule has 5 rings (SSSR count). The molecule has 1 aromatic heterocycles. The largest absolute Gasteiger partial charge is 0.488 e. The molecule has 4 nitrogen and oxygen atoms in total. The number of fused-ring (bicyclic) bond motifs is 2. The number of nitrogens with zero attached hydrogens (tertiary/aromatic N) is 1. The lowest BCUT2D eigenvalue weighted by molar-refractivity contribution is 0.296. The summed E-state index contributed by atoms with van der Waals surface area (Å²) in [7, 11) is 0. The summed E-state index contributed by atoms with van der Waals surface area (Å²) in [5, 5.41) is 5.81. The van der Waals surface area contributed by atoms with E-state index >= 15 is 0 Å². The average molecular weight is 426 g/mol. The van der Waals surface area contributed by atoms with Crippen LogP contribution in [0.3, 0.4) is 0 Å². The van der Waals surface area contributed by atoms with E-state index in [0.29, 0.717) is 12.1 Å². The van der Waals surface area contributed by atoms with Crippen LogP contribution in [-0.2, 0) is 19.6 Å². The second-order valence-electron chi connectivity index (χ2n) is 7.77. The van der Waals surface area contributed by atoms with Crippen LogP contribution in [0.4, 0.5) is 4.39 Å². The van der Waals surface area contributed by atoms with Gasteiger partial charge in [-0.2, -0.15) is 0 Å². The minimum Gasteiger partial charge on any atom is -0.488 e. The predicted molar refractivity (Wildman–Crippen MR) is 126 cm³/mol. The third kappa shape index (κ3) is 4.34. The van der Waals surface area contributed by atoms with Gasteiger partial charge in [-0.05, 0) is 35.0 Å². The molecule has 0 atom stereocenters. The van der Waals surface area contributed by atoms with Gasteiger partial charge in [0.2, 0.25) is 0 Å². The summed E-state index contributed by atoms with van der Waals surface area (Å²) in [6.07, 6.45) is 0.796. The minimum absolute atomic E-state index is 0.191. The number of hydrogen-bond donors (Lipinski definition) is 2. The molecular weight excluding hydrogens is 401 g/mol. The lowest BCUT2D eigenvalue weighted by atomic mass is 10.0. The Hall–Kier alpha value is -3.70. The normalized spacial score (nSPS) is 11.3. The summed E-state index contributed by atoms with van der Waals surface area (Å²) < 4.78 is 20.1. The summed E-state index contributed by atoms with van der Waals surface area (Å²) in [6, 6.07) is 27.0. The van der Waals surface area contributed by atoms with Crippen molar-refractivity contribution in [3.63, 3.8) is 0 Å². The quantitative estimate of drug-likeness (QED) is 0.311. The van der Waals surface area contributed by atoms with Crippen LogP contribution in [0.25, 0.3) is 21.8 Å². The smallest absolute Gasteiger partial charge is 0.129 e. The molecule has 0 spiro atoms. The minimum atomic E-state index is -0.251. The molecule has 0 unspecified atom stereocenters. The maximum Gasteiger partial charge on any atom is 0.129 e. The van der Waals surface area contributed by atoms with E-state index in [0.717, 1.165) is 51.9 Å². The Balaban J connectivity index is 1.30. The van der Waals surface area contributed by atoms with Crippen LogP contribution in [-0.4, -0.2) is 16.5 Å². The number of aromatic nitrogens is 2. The zero-order chi connectivity index (χ0) is 21.8. The number of ether oxygens (including phenoxy) is 1. The standard InChI is InChI=1S/C27H24FN3O/c28-23-10-4-2-8-20(23)18-32-26-14-13-19-7-1-3-9-21(19)22(26)17-29-16-15-27-30-24-11-5-6-12-25(24)31-27/h1-14,29H,15-18H2,(H,30,31). The molecule has 5 aromatic rings. The van der Waals surface area contributed by atoms with Crippen LogP contribution < -0.4 is 10.1 Å². The van der Waals surface area contributed by atoms with Gasteiger partial charge in [0.15, 0.2) is 0 Å². The van der Waals surface area contributed by atoms with Crippen LogP contribution in [0.15, 0.2) is 84.9 Å². The number of rotatable bonds is 8. The van der Waals surface area contributed by atoms with E-state index < -0.39 is 0 Å². The molecule has 0 saturated heterocycles. The monoisotopic (exact) mass is 425 g/mol. The maximum atomic E-state index is 14.0. The first-order valence-corrected chi connectivity index (χ1v) is 10.8. The summed E-state index contributed by atoms with van der Waals surface area (Å²) in [6.45, 7) is 1.61. The molecule has 0 amide bonds. The fourth-order valence-corrected chi connectivity index (χ4v) is 3.95. The first-order chi connectivity index (χ1) is 15.8. The van der Waals surface area contributed by atoms with Crippen molar-refractivity contribution in [3.8, 4) is 5.75 Å². The number of para-hydroxylation sites is 2. The second-order valence-corrected chi connectivity index (χ2v) is 7.77. The van der Waals surface area contributed by atoms with Gasteiger partial charge in [0.05, 0.1) is 11.0 Å². The van der Waals surface area contributed by atoms with Crippen LogP contribution in [0.1, 0.15) is 17.0 Å². The molecule has 5 heteroatoms. The van der Waals surface area contributed by atoms with Crippen molar-refractivity contribution in [2.75, 3.05) is 6.54 Å². The SMILES string of the molecule is Fc1ccccc1COc1ccc2ccccc2c1CNCCc1nc2ccccc2[nH]1. The van der Waals surface area contributed by atoms with E-state index in [1.807, 2.05) is 54.6 Å². The third-order valence-corrected chi connectivity index (χ3v) is 5.62. The van der Waals surface area contributed by atoms with E-state index in [1.165, 1.54) is 6.07 Å². The van der Waals surface area contributed by atoms with Gasteiger partial charge in [-0.15, -0.1) is 0 Å². The fourth-order valence-electron chi connectivity index (χ4n) is 3.95. The fraction of sp³-hybridized carbons (Fsp3) is 0.148. The van der Waals surface area contributed by atoms with Crippen LogP contribution in [0.2, 0.25) is 0 Å². The molecule has 2 N–H and O–H groups in total. The zero-order valence-corrected chi connectivity index (χ0v) is 17.6. The molecule has 0 aliphatic heterocycles. The lowest BCUT2D eigenvalue weighted by Gasteiger charge is -2.15. The molecule has 0 aliphatic carbocycles. The van der Waals surface area contributed by atoms with Crippen molar-refractivity contribution in [2.24, 2.45) is 0 Å². The van der Waals surface area contributed by atoms with Crippen LogP contribution in [0, 0.1) is 5.82 Å². The number of imidazole rings is 1. The Morgan fingerprint density at radius 1 is 0.875 bits per heavy atom. The van der Waals surface area contributed by atoms with Crippen LogP contribution in [0.5, 0.6) is 5.75 Å². The third-order valence-electron chi connectivity index (χ3n) is 5.62. The van der Waals surface area contributed by atoms with Gasteiger partial charge in [-0.3, -0.25) is 0 Å². The van der Waals surface area contributed by atoms with Crippen molar-refractivity contribution in [2.45, 2.75) is 19.6 Å². The van der Waals surface area contributed by atoms with Gasteiger partial charge >= 0.3 is 0 Å². The van der Waals surface area contributed by atoms with Gasteiger partial charge in [0.25, 0.3) is 0 Å². The molecule has 0 aliphatic rings. The summed E-state index contributed by atoms with van der Waals surface area (Å²) in [5.41, 5.74) is 3.66. The van der Waals surface area contributed by atoms with Crippen molar-refractivity contribution < 1.29 is 9.13 Å². The number of benzene rings is 4. The summed E-state index contributed by atoms with van der Waals surface area (Å²) in [4.78, 5) is 8.01. The van der Waals surface area contributed by atoms with Gasteiger partial charge in [-0.1, -0.05) is 60.7 Å². The zero-order valence-electron chi connectivity index (χ0n) is 17.6. The van der Waals surface area contributed by atoms with Crippen molar-refractivity contribution >= 4 is 21.8 Å². The summed E-state index contributed by atoms with van der Waals surface area (Å²) >= 11 is 0. The molecule has 0 radical (unpaired) electrons. The molecule has 160 valence electrons. The Morgan fingerprint density at radius 3 is 2.59 bits per heavy atom. The van der Waals surface area contributed by atoms with E-state index in [1.54, 1.807) is 12.1 Å². The number of nitrogens with one attached hydrogen (secondary N) is 2. The molecule has 4 aromatic carbocycles. The molecule has 0 bridgehead atoms. The topological polar surface area (TPSA) is 49.9 Å². The van der Waals surface area contributed by atoms with E-state index in [4.69, 9.17) is 4.74 Å². The highest BCUT2D eigenvalue weighted by Gasteiger charge is 2.11. The highest BCUT2D eigenvalue weighted by Crippen LogP contribution is 2.29. The van der Waals surface area contributed by atoms with E-state index in [2.05, 4.69) is 27.4 Å². The highest BCUT2D eigenvalue weighted by molar-refractivity contribution is 5.87. The van der Waals surface area contributed by atoms with Gasteiger partial charge in [-0.25, -0.2) is 9.37 Å². The Bertz CT molecular complexity index is 1330. The second kappa shape index (κ2) is 9.20. The first kappa shape index (κ1) is 20.2. The molecule has 32 heavy (non-hydrogen) atoms. The summed E-state index contributed by atoms with van der Waals surface area (Å²) in [5.74, 6) is 1.48.